The van der Waals surface area contributed by atoms with Gasteiger partial charge in [-0.05, 0) is 35.0 Å². The largest absolute Gasteiger partial charge is 0.382 e. The number of hydrogen-bond donors (Lipinski definition) is 1. The molecule has 2 aromatic heterocycles. The van der Waals surface area contributed by atoms with E-state index in [1.54, 1.807) is 17.7 Å². The molecule has 2 heterocycles. The molecule has 0 saturated carbocycles. The van der Waals surface area contributed by atoms with Crippen LogP contribution in [0.15, 0.2) is 61.1 Å². The van der Waals surface area contributed by atoms with E-state index < -0.39 is 23.2 Å². The smallest absolute Gasteiger partial charge is 0.138 e. The summed E-state index contributed by atoms with van der Waals surface area (Å²) in [7, 11) is 0. The van der Waals surface area contributed by atoms with E-state index in [-0.39, 0.29) is 12.1 Å². The quantitative estimate of drug-likeness (QED) is 0.493. The fourth-order valence-electron chi connectivity index (χ4n) is 3.62. The fraction of sp³-hybridized carbons (Fsp3) is 0.273. The van der Waals surface area contributed by atoms with Crippen molar-refractivity contribution < 1.29 is 13.9 Å². The van der Waals surface area contributed by atoms with E-state index >= 15 is 0 Å². The molecule has 2 atom stereocenters. The highest BCUT2D eigenvalue weighted by atomic mass is 19.1. The van der Waals surface area contributed by atoms with E-state index in [4.69, 9.17) is 0 Å². The zero-order chi connectivity index (χ0) is 22.0. The highest BCUT2D eigenvalue weighted by Gasteiger charge is 2.41. The molecule has 0 aliphatic heterocycles. The summed E-state index contributed by atoms with van der Waals surface area (Å²) >= 11 is 0. The Morgan fingerprint density at radius 1 is 1.06 bits per heavy atom. The highest BCUT2D eigenvalue weighted by Crippen LogP contribution is 2.39. The Hall–Kier alpha value is -3.46. The number of benzene rings is 2. The maximum Gasteiger partial charge on any atom is 0.138 e. The zero-order valence-corrected chi connectivity index (χ0v) is 17.2. The molecule has 0 aliphatic rings. The number of rotatable bonds is 7. The van der Waals surface area contributed by atoms with Gasteiger partial charge in [0.1, 0.15) is 23.6 Å². The van der Waals surface area contributed by atoms with Crippen LogP contribution in [0, 0.1) is 18.6 Å². The van der Waals surface area contributed by atoms with Gasteiger partial charge in [0.25, 0.3) is 0 Å². The third-order valence-corrected chi connectivity index (χ3v) is 5.48. The monoisotopic (exact) mass is 424 g/mol. The number of aryl methyl sites for hydroxylation is 1. The molecular formula is C22H22F2N6O. The van der Waals surface area contributed by atoms with Crippen molar-refractivity contribution in [2.75, 3.05) is 0 Å². The summed E-state index contributed by atoms with van der Waals surface area (Å²) in [6.07, 6.45) is 3.14. The molecule has 4 rings (SSSR count). The first-order valence-electron chi connectivity index (χ1n) is 9.83. The lowest BCUT2D eigenvalue weighted by Gasteiger charge is -2.33. The van der Waals surface area contributed by atoms with Gasteiger partial charge in [-0.15, -0.1) is 5.10 Å². The number of aromatic nitrogens is 6. The number of hydrogen-bond acceptors (Lipinski definition) is 5. The van der Waals surface area contributed by atoms with Crippen LogP contribution in [0.2, 0.25) is 0 Å². The summed E-state index contributed by atoms with van der Waals surface area (Å²) in [6, 6.07) is 13.0. The Labute approximate surface area is 178 Å². The first-order valence-corrected chi connectivity index (χ1v) is 9.83. The predicted molar refractivity (Wildman–Crippen MR) is 109 cm³/mol. The van der Waals surface area contributed by atoms with Crippen molar-refractivity contribution in [1.82, 2.24) is 30.0 Å². The third-order valence-electron chi connectivity index (χ3n) is 5.48. The third kappa shape index (κ3) is 4.36. The summed E-state index contributed by atoms with van der Waals surface area (Å²) in [6.45, 7) is 4.20. The van der Waals surface area contributed by atoms with Crippen molar-refractivity contribution in [3.63, 3.8) is 0 Å². The first-order chi connectivity index (χ1) is 14.8. The summed E-state index contributed by atoms with van der Waals surface area (Å²) in [5.74, 6) is -2.21. The van der Waals surface area contributed by atoms with Crippen LogP contribution >= 0.6 is 0 Å². The average molecular weight is 424 g/mol. The molecule has 0 saturated heterocycles. The first kappa shape index (κ1) is 20.8. The van der Waals surface area contributed by atoms with Crippen molar-refractivity contribution in [2.24, 2.45) is 0 Å². The molecular weight excluding hydrogens is 402 g/mol. The van der Waals surface area contributed by atoms with Crippen molar-refractivity contribution in [2.45, 2.75) is 38.5 Å². The minimum Gasteiger partial charge on any atom is -0.382 e. The molecule has 0 bridgehead atoms. The van der Waals surface area contributed by atoms with Crippen molar-refractivity contribution >= 4 is 0 Å². The second kappa shape index (κ2) is 8.35. The van der Waals surface area contributed by atoms with Gasteiger partial charge in [-0.3, -0.25) is 4.68 Å². The molecule has 0 unspecified atom stereocenters. The van der Waals surface area contributed by atoms with Crippen LogP contribution in [0.4, 0.5) is 8.78 Å². The number of tetrazole rings is 1. The summed E-state index contributed by atoms with van der Waals surface area (Å²) in [5.41, 5.74) is 1.00. The number of aliphatic hydroxyl groups is 1. The van der Waals surface area contributed by atoms with E-state index in [2.05, 4.69) is 20.6 Å². The van der Waals surface area contributed by atoms with Gasteiger partial charge in [-0.1, -0.05) is 42.8 Å². The van der Waals surface area contributed by atoms with Gasteiger partial charge >= 0.3 is 0 Å². The lowest BCUT2D eigenvalue weighted by molar-refractivity contribution is -0.0128. The Kier molecular flexibility index (Phi) is 5.60. The van der Waals surface area contributed by atoms with Gasteiger partial charge in [0.2, 0.25) is 0 Å². The Balaban J connectivity index is 1.66. The minimum atomic E-state index is -1.77. The molecule has 0 spiro atoms. The molecule has 4 aromatic rings. The maximum absolute atomic E-state index is 14.7. The van der Waals surface area contributed by atoms with Gasteiger partial charge < -0.3 is 5.11 Å². The normalized spacial score (nSPS) is 14.4. The van der Waals surface area contributed by atoms with E-state index in [1.165, 1.54) is 22.6 Å². The van der Waals surface area contributed by atoms with Crippen LogP contribution in [0.25, 0.3) is 0 Å². The molecule has 31 heavy (non-hydrogen) atoms. The van der Waals surface area contributed by atoms with Crippen molar-refractivity contribution in [3.8, 4) is 0 Å². The van der Waals surface area contributed by atoms with Gasteiger partial charge in [0, 0.05) is 23.7 Å². The maximum atomic E-state index is 14.7. The van der Waals surface area contributed by atoms with E-state index in [0.29, 0.717) is 12.2 Å². The van der Waals surface area contributed by atoms with Gasteiger partial charge in [0.15, 0.2) is 0 Å². The standard InChI is InChI=1S/C22H22F2N6O/c1-15-3-5-17(6-4-15)12-29-10-9-21(26-29)16(2)22(31,13-30-14-25-27-28-30)19-8-7-18(23)11-20(19)24/h3-11,14,16,31H,12-13H2,1-2H3/t16-,22+/m0/s1. The van der Waals surface area contributed by atoms with Crippen LogP contribution in [-0.4, -0.2) is 35.1 Å². The SMILES string of the molecule is Cc1ccc(Cn2ccc([C@H](C)[C@](O)(Cn3cnnn3)c3ccc(F)cc3F)n2)cc1. The molecule has 0 amide bonds. The van der Waals surface area contributed by atoms with Gasteiger partial charge in [-0.2, -0.15) is 5.10 Å². The van der Waals surface area contributed by atoms with Crippen molar-refractivity contribution in [1.29, 1.82) is 0 Å². The van der Waals surface area contributed by atoms with E-state index in [1.807, 2.05) is 37.4 Å². The second-order valence-corrected chi connectivity index (χ2v) is 7.70. The number of nitrogens with zero attached hydrogens (tertiary/aromatic N) is 6. The molecule has 9 heteroatoms. The minimum absolute atomic E-state index is 0.0509. The highest BCUT2D eigenvalue weighted by molar-refractivity contribution is 5.30. The van der Waals surface area contributed by atoms with Gasteiger partial charge in [0.05, 0.1) is 18.8 Å². The second-order valence-electron chi connectivity index (χ2n) is 7.70. The van der Waals surface area contributed by atoms with E-state index in [0.717, 1.165) is 17.7 Å². The fourth-order valence-corrected chi connectivity index (χ4v) is 3.62. The topological polar surface area (TPSA) is 81.7 Å². The van der Waals surface area contributed by atoms with Crippen LogP contribution in [0.3, 0.4) is 0 Å². The Morgan fingerprint density at radius 2 is 1.84 bits per heavy atom. The molecule has 0 fully saturated rings. The molecule has 7 nitrogen and oxygen atoms in total. The molecule has 160 valence electrons. The Bertz CT molecular complexity index is 1160. The number of halogens is 2. The van der Waals surface area contributed by atoms with E-state index in [9.17, 15) is 13.9 Å². The summed E-state index contributed by atoms with van der Waals surface area (Å²) < 4.78 is 31.3. The van der Waals surface area contributed by atoms with Crippen LogP contribution in [0.5, 0.6) is 0 Å². The van der Waals surface area contributed by atoms with Crippen LogP contribution in [-0.2, 0) is 18.7 Å². The van der Waals surface area contributed by atoms with Crippen LogP contribution < -0.4 is 0 Å². The lowest BCUT2D eigenvalue weighted by atomic mass is 9.80. The molecule has 0 radical (unpaired) electrons. The lowest BCUT2D eigenvalue weighted by Crippen LogP contribution is -2.38. The average Bonchev–Trinajstić information content (AvgIpc) is 3.41. The zero-order valence-electron chi connectivity index (χ0n) is 17.2. The van der Waals surface area contributed by atoms with Gasteiger partial charge in [-0.25, -0.2) is 13.5 Å². The Morgan fingerprint density at radius 3 is 2.52 bits per heavy atom. The predicted octanol–water partition coefficient (Wildman–Crippen LogP) is 3.20. The molecule has 1 N–H and O–H groups in total. The molecule has 2 aromatic carbocycles. The molecule has 0 aliphatic carbocycles. The van der Waals surface area contributed by atoms with Crippen LogP contribution in [0.1, 0.15) is 35.2 Å². The summed E-state index contributed by atoms with van der Waals surface area (Å²) in [4.78, 5) is 0. The van der Waals surface area contributed by atoms with Crippen molar-refractivity contribution in [3.05, 3.63) is 95.1 Å². The summed E-state index contributed by atoms with van der Waals surface area (Å²) in [5, 5.41) is 27.2.